The summed E-state index contributed by atoms with van der Waals surface area (Å²) in [6, 6.07) is 10.4. The fraction of sp³-hybridized carbons (Fsp3) is 0.444. The Hall–Kier alpha value is -2.18. The van der Waals surface area contributed by atoms with E-state index >= 15 is 0 Å². The molecular weight excluding hydrogens is 304 g/mol. The highest BCUT2D eigenvalue weighted by atomic mass is 16.5. The van der Waals surface area contributed by atoms with Crippen LogP contribution in [0.5, 0.6) is 0 Å². The second-order valence-electron chi connectivity index (χ2n) is 6.06. The van der Waals surface area contributed by atoms with Crippen LogP contribution in [0.25, 0.3) is 0 Å². The average molecular weight is 328 g/mol. The molecule has 24 heavy (non-hydrogen) atoms. The molecule has 2 heterocycles. The number of nitrogens with zero attached hydrogens (tertiary/aromatic N) is 2. The van der Waals surface area contributed by atoms with Crippen molar-refractivity contribution in [3.8, 4) is 0 Å². The first-order valence-electron chi connectivity index (χ1n) is 8.35. The smallest absolute Gasteiger partial charge is 0.224 e. The Morgan fingerprint density at radius 2 is 2.17 bits per heavy atom. The second kappa shape index (κ2) is 8.08. The summed E-state index contributed by atoms with van der Waals surface area (Å²) in [5, 5.41) is 15.4. The molecule has 0 spiro atoms. The number of nitrogens with one attached hydrogen (secondary N) is 2. The molecule has 3 rings (SSSR count). The number of aromatic nitrogens is 2. The Balaban J connectivity index is 1.75. The van der Waals surface area contributed by atoms with Gasteiger partial charge in [0.2, 0.25) is 5.95 Å². The minimum atomic E-state index is 0.0478. The SMILES string of the molecule is Cc1cccc(CNc2cc(C3CCOC3)nc(NCCO)n2)c1. The first kappa shape index (κ1) is 16.7. The van der Waals surface area contributed by atoms with Crippen molar-refractivity contribution in [1.82, 2.24) is 9.97 Å². The Labute approximate surface area is 142 Å². The van der Waals surface area contributed by atoms with E-state index in [9.17, 15) is 0 Å². The molecule has 1 unspecified atom stereocenters. The minimum Gasteiger partial charge on any atom is -0.395 e. The molecule has 6 heteroatoms. The van der Waals surface area contributed by atoms with Crippen molar-refractivity contribution in [3.63, 3.8) is 0 Å². The van der Waals surface area contributed by atoms with E-state index in [2.05, 4.69) is 51.8 Å². The van der Waals surface area contributed by atoms with Crippen molar-refractivity contribution < 1.29 is 9.84 Å². The van der Waals surface area contributed by atoms with E-state index in [0.29, 0.717) is 31.6 Å². The zero-order valence-corrected chi connectivity index (χ0v) is 14.0. The lowest BCUT2D eigenvalue weighted by molar-refractivity contribution is 0.193. The molecule has 1 atom stereocenters. The molecule has 128 valence electrons. The number of aliphatic hydroxyl groups excluding tert-OH is 1. The van der Waals surface area contributed by atoms with Crippen molar-refractivity contribution in [2.45, 2.75) is 25.8 Å². The molecule has 6 nitrogen and oxygen atoms in total. The second-order valence-corrected chi connectivity index (χ2v) is 6.06. The van der Waals surface area contributed by atoms with Crippen LogP contribution in [-0.4, -0.2) is 41.4 Å². The highest BCUT2D eigenvalue weighted by Gasteiger charge is 2.20. The first-order valence-corrected chi connectivity index (χ1v) is 8.35. The Morgan fingerprint density at radius 3 is 2.92 bits per heavy atom. The van der Waals surface area contributed by atoms with Gasteiger partial charge in [-0.2, -0.15) is 4.98 Å². The summed E-state index contributed by atoms with van der Waals surface area (Å²) in [7, 11) is 0. The number of ether oxygens (including phenoxy) is 1. The van der Waals surface area contributed by atoms with Gasteiger partial charge in [0.15, 0.2) is 0 Å². The summed E-state index contributed by atoms with van der Waals surface area (Å²) < 4.78 is 5.47. The predicted octanol–water partition coefficient (Wildman–Crippen LogP) is 2.31. The molecule has 2 aromatic rings. The molecule has 1 saturated heterocycles. The third kappa shape index (κ3) is 4.43. The summed E-state index contributed by atoms with van der Waals surface area (Å²) in [5.74, 6) is 1.64. The Morgan fingerprint density at radius 1 is 1.25 bits per heavy atom. The number of hydrogen-bond donors (Lipinski definition) is 3. The fourth-order valence-electron chi connectivity index (χ4n) is 2.79. The zero-order valence-electron chi connectivity index (χ0n) is 14.0. The van der Waals surface area contributed by atoms with E-state index in [1.165, 1.54) is 11.1 Å². The largest absolute Gasteiger partial charge is 0.395 e. The van der Waals surface area contributed by atoms with Crippen LogP contribution in [0.2, 0.25) is 0 Å². The maximum absolute atomic E-state index is 9.00. The quantitative estimate of drug-likeness (QED) is 0.724. The van der Waals surface area contributed by atoms with Crippen LogP contribution in [0.3, 0.4) is 0 Å². The number of benzene rings is 1. The third-order valence-electron chi connectivity index (χ3n) is 4.04. The maximum atomic E-state index is 9.00. The summed E-state index contributed by atoms with van der Waals surface area (Å²) in [5.41, 5.74) is 3.44. The van der Waals surface area contributed by atoms with E-state index in [4.69, 9.17) is 9.84 Å². The van der Waals surface area contributed by atoms with Crippen LogP contribution < -0.4 is 10.6 Å². The standard InChI is InChI=1S/C18H24N4O2/c1-13-3-2-4-14(9-13)11-20-17-10-16(15-5-8-24-12-15)21-18(22-17)19-6-7-23/h2-4,9-10,15,23H,5-8,11-12H2,1H3,(H2,19,20,21,22). The fourth-order valence-corrected chi connectivity index (χ4v) is 2.79. The molecule has 0 amide bonds. The van der Waals surface area contributed by atoms with Gasteiger partial charge < -0.3 is 20.5 Å². The number of rotatable bonds is 7. The molecule has 1 aliphatic rings. The van der Waals surface area contributed by atoms with Crippen LogP contribution in [0.15, 0.2) is 30.3 Å². The van der Waals surface area contributed by atoms with Gasteiger partial charge in [-0.15, -0.1) is 0 Å². The zero-order chi connectivity index (χ0) is 16.8. The van der Waals surface area contributed by atoms with Gasteiger partial charge >= 0.3 is 0 Å². The van der Waals surface area contributed by atoms with Crippen molar-refractivity contribution in [3.05, 3.63) is 47.2 Å². The Bertz CT molecular complexity index is 672. The molecule has 0 aliphatic carbocycles. The topological polar surface area (TPSA) is 79.3 Å². The van der Waals surface area contributed by atoms with Gasteiger partial charge in [-0.05, 0) is 18.9 Å². The number of hydrogen-bond acceptors (Lipinski definition) is 6. The van der Waals surface area contributed by atoms with Crippen molar-refractivity contribution >= 4 is 11.8 Å². The third-order valence-corrected chi connectivity index (χ3v) is 4.04. The van der Waals surface area contributed by atoms with Gasteiger partial charge in [0.25, 0.3) is 0 Å². The molecule has 1 aromatic carbocycles. The summed E-state index contributed by atoms with van der Waals surface area (Å²) in [6.45, 7) is 4.75. The summed E-state index contributed by atoms with van der Waals surface area (Å²) in [4.78, 5) is 9.06. The van der Waals surface area contributed by atoms with Gasteiger partial charge in [-0.1, -0.05) is 29.8 Å². The van der Waals surface area contributed by atoms with Gasteiger partial charge in [0, 0.05) is 31.7 Å². The van der Waals surface area contributed by atoms with Crippen molar-refractivity contribution in [2.75, 3.05) is 37.0 Å². The lowest BCUT2D eigenvalue weighted by Crippen LogP contribution is -2.13. The van der Waals surface area contributed by atoms with Gasteiger partial charge in [0.1, 0.15) is 5.82 Å². The molecule has 3 N–H and O–H groups in total. The van der Waals surface area contributed by atoms with E-state index < -0.39 is 0 Å². The number of anilines is 2. The predicted molar refractivity (Wildman–Crippen MR) is 94.3 cm³/mol. The summed E-state index contributed by atoms with van der Waals surface area (Å²) in [6.07, 6.45) is 0.980. The lowest BCUT2D eigenvalue weighted by Gasteiger charge is -2.13. The van der Waals surface area contributed by atoms with Gasteiger partial charge in [0.05, 0.1) is 18.9 Å². The molecular formula is C18H24N4O2. The normalized spacial score (nSPS) is 17.0. The Kier molecular flexibility index (Phi) is 5.61. The average Bonchev–Trinajstić information content (AvgIpc) is 3.13. The van der Waals surface area contributed by atoms with Crippen LogP contribution in [0, 0.1) is 6.92 Å². The minimum absolute atomic E-state index is 0.0478. The molecule has 0 bridgehead atoms. The highest BCUT2D eigenvalue weighted by molar-refractivity contribution is 5.44. The molecule has 0 saturated carbocycles. The molecule has 1 aromatic heterocycles. The number of aliphatic hydroxyl groups is 1. The maximum Gasteiger partial charge on any atom is 0.224 e. The van der Waals surface area contributed by atoms with E-state index in [1.54, 1.807) is 0 Å². The van der Waals surface area contributed by atoms with E-state index in [-0.39, 0.29) is 6.61 Å². The highest BCUT2D eigenvalue weighted by Crippen LogP contribution is 2.26. The van der Waals surface area contributed by atoms with Crippen LogP contribution in [0.1, 0.15) is 29.2 Å². The number of aryl methyl sites for hydroxylation is 1. The molecule has 1 aliphatic heterocycles. The van der Waals surface area contributed by atoms with Crippen LogP contribution in [-0.2, 0) is 11.3 Å². The monoisotopic (exact) mass is 328 g/mol. The van der Waals surface area contributed by atoms with Gasteiger partial charge in [-0.3, -0.25) is 0 Å². The summed E-state index contributed by atoms with van der Waals surface area (Å²) >= 11 is 0. The first-order chi connectivity index (χ1) is 11.7. The lowest BCUT2D eigenvalue weighted by atomic mass is 10.0. The van der Waals surface area contributed by atoms with E-state index in [1.807, 2.05) is 6.07 Å². The van der Waals surface area contributed by atoms with Crippen LogP contribution >= 0.6 is 0 Å². The molecule has 1 fully saturated rings. The molecule has 0 radical (unpaired) electrons. The van der Waals surface area contributed by atoms with Crippen molar-refractivity contribution in [2.24, 2.45) is 0 Å². The van der Waals surface area contributed by atoms with Crippen LogP contribution in [0.4, 0.5) is 11.8 Å². The van der Waals surface area contributed by atoms with Gasteiger partial charge in [-0.25, -0.2) is 4.98 Å². The van der Waals surface area contributed by atoms with Crippen molar-refractivity contribution in [1.29, 1.82) is 0 Å². The van der Waals surface area contributed by atoms with E-state index in [0.717, 1.165) is 24.5 Å².